The van der Waals surface area contributed by atoms with Gasteiger partial charge in [-0.2, -0.15) is 0 Å². The van der Waals surface area contributed by atoms with Gasteiger partial charge in [-0.15, -0.1) is 0 Å². The Morgan fingerprint density at radius 3 is 2.25 bits per heavy atom. The van der Waals surface area contributed by atoms with Crippen molar-refractivity contribution in [1.29, 1.82) is 0 Å². The van der Waals surface area contributed by atoms with E-state index in [1.54, 1.807) is 11.0 Å². The van der Waals surface area contributed by atoms with Crippen molar-refractivity contribution >= 4 is 68.2 Å². The number of hydrogen-bond acceptors (Lipinski definition) is 5. The minimum Gasteiger partial charge on any atom is -0.444 e. The number of hydrogen-bond donors (Lipinski definition) is 1. The summed E-state index contributed by atoms with van der Waals surface area (Å²) in [7, 11) is 0. The molecule has 3 aromatic carbocycles. The summed E-state index contributed by atoms with van der Waals surface area (Å²) >= 11 is 12.3. The second-order valence-corrected chi connectivity index (χ2v) is 10.7. The Hall–Kier alpha value is -3.22. The van der Waals surface area contributed by atoms with Gasteiger partial charge in [-0.1, -0.05) is 41.4 Å². The first-order chi connectivity index (χ1) is 17.2. The number of ether oxygens (including phenoxy) is 1. The summed E-state index contributed by atoms with van der Waals surface area (Å²) in [4.78, 5) is 21.6. The number of nitrogens with zero attached hydrogens (tertiary/aromatic N) is 3. The van der Waals surface area contributed by atoms with Crippen molar-refractivity contribution in [1.82, 2.24) is 9.88 Å². The minimum absolute atomic E-state index is 0.264. The molecule has 1 N–H and O–H groups in total. The number of benzene rings is 3. The van der Waals surface area contributed by atoms with Crippen molar-refractivity contribution in [3.63, 3.8) is 0 Å². The molecular weight excluding hydrogens is 495 g/mol. The molecule has 1 aliphatic heterocycles. The third-order valence-corrected chi connectivity index (χ3v) is 6.85. The number of carbonyl (C=O) groups is 1. The standard InChI is InChI=1S/C28H28Cl2N4O2/c1-28(2,3)36-27(35)34-14-12-33(13-15-34)26-20-6-4-5-7-24(20)32-25-11-9-18(16-21(25)26)31-19-8-10-22(29)23(30)17-19/h4-11,16-17,31H,12-15H2,1-3H3. The Kier molecular flexibility index (Phi) is 6.58. The third-order valence-electron chi connectivity index (χ3n) is 6.11. The highest BCUT2D eigenvalue weighted by molar-refractivity contribution is 6.42. The smallest absolute Gasteiger partial charge is 0.410 e. The number of nitrogens with one attached hydrogen (secondary N) is 1. The average molecular weight is 523 g/mol. The summed E-state index contributed by atoms with van der Waals surface area (Å²) in [6.45, 7) is 8.25. The van der Waals surface area contributed by atoms with Crippen LogP contribution in [0.25, 0.3) is 21.8 Å². The summed E-state index contributed by atoms with van der Waals surface area (Å²) < 4.78 is 5.58. The molecule has 0 bridgehead atoms. The van der Waals surface area contributed by atoms with Crippen LogP contribution in [0.3, 0.4) is 0 Å². The SMILES string of the molecule is CC(C)(C)OC(=O)N1CCN(c2c3ccccc3nc3ccc(Nc4ccc(Cl)c(Cl)c4)cc23)CC1. The zero-order valence-corrected chi connectivity index (χ0v) is 22.0. The lowest BCUT2D eigenvalue weighted by atomic mass is 10.0. The topological polar surface area (TPSA) is 57.7 Å². The molecule has 5 rings (SSSR count). The van der Waals surface area contributed by atoms with E-state index in [0.717, 1.165) is 38.9 Å². The largest absolute Gasteiger partial charge is 0.444 e. The van der Waals surface area contributed by atoms with E-state index in [1.165, 1.54) is 0 Å². The maximum absolute atomic E-state index is 12.6. The summed E-state index contributed by atoms with van der Waals surface area (Å²) in [6, 6.07) is 19.8. The summed E-state index contributed by atoms with van der Waals surface area (Å²) in [6.07, 6.45) is -0.264. The van der Waals surface area contributed by atoms with E-state index in [1.807, 2.05) is 63.2 Å². The number of pyridine rings is 1. The summed E-state index contributed by atoms with van der Waals surface area (Å²) in [5.41, 5.74) is 4.25. The van der Waals surface area contributed by atoms with Gasteiger partial charge in [0.2, 0.25) is 0 Å². The highest BCUT2D eigenvalue weighted by Crippen LogP contribution is 2.37. The normalized spacial score (nSPS) is 14.4. The van der Waals surface area contributed by atoms with Crippen molar-refractivity contribution in [3.8, 4) is 0 Å². The predicted octanol–water partition coefficient (Wildman–Crippen LogP) is 7.50. The molecule has 0 saturated carbocycles. The minimum atomic E-state index is -0.510. The van der Waals surface area contributed by atoms with E-state index < -0.39 is 5.60 Å². The Labute approximate surface area is 220 Å². The first-order valence-electron chi connectivity index (χ1n) is 12.0. The Balaban J connectivity index is 1.49. The number of carbonyl (C=O) groups excluding carboxylic acids is 1. The molecule has 8 heteroatoms. The number of fused-ring (bicyclic) bond motifs is 2. The number of rotatable bonds is 3. The molecular formula is C28H28Cl2N4O2. The third kappa shape index (κ3) is 5.15. The average Bonchev–Trinajstić information content (AvgIpc) is 2.84. The van der Waals surface area contributed by atoms with E-state index in [2.05, 4.69) is 22.3 Å². The first kappa shape index (κ1) is 24.5. The van der Waals surface area contributed by atoms with Gasteiger partial charge in [-0.25, -0.2) is 9.78 Å². The number of halogens is 2. The van der Waals surface area contributed by atoms with Crippen LogP contribution in [0.15, 0.2) is 60.7 Å². The Morgan fingerprint density at radius 1 is 0.861 bits per heavy atom. The van der Waals surface area contributed by atoms with Crippen LogP contribution in [0.2, 0.25) is 10.0 Å². The van der Waals surface area contributed by atoms with E-state index in [9.17, 15) is 4.79 Å². The van der Waals surface area contributed by atoms with E-state index in [4.69, 9.17) is 32.9 Å². The van der Waals surface area contributed by atoms with E-state index >= 15 is 0 Å². The van der Waals surface area contributed by atoms with Crippen molar-refractivity contribution in [2.24, 2.45) is 0 Å². The molecule has 0 radical (unpaired) electrons. The van der Waals surface area contributed by atoms with Gasteiger partial charge >= 0.3 is 6.09 Å². The monoisotopic (exact) mass is 522 g/mol. The van der Waals surface area contributed by atoms with Crippen LogP contribution in [0.4, 0.5) is 21.9 Å². The highest BCUT2D eigenvalue weighted by atomic mass is 35.5. The molecule has 0 atom stereocenters. The fourth-order valence-corrected chi connectivity index (χ4v) is 4.77. The first-order valence-corrected chi connectivity index (χ1v) is 12.7. The fraction of sp³-hybridized carbons (Fsp3) is 0.286. The lowest BCUT2D eigenvalue weighted by Crippen LogP contribution is -2.50. The lowest BCUT2D eigenvalue weighted by Gasteiger charge is -2.37. The zero-order chi connectivity index (χ0) is 25.4. The highest BCUT2D eigenvalue weighted by Gasteiger charge is 2.27. The molecule has 0 unspecified atom stereocenters. The lowest BCUT2D eigenvalue weighted by molar-refractivity contribution is 0.0241. The van der Waals surface area contributed by atoms with Gasteiger partial charge in [0, 0.05) is 48.3 Å². The molecule has 1 amide bonds. The number of amides is 1. The maximum atomic E-state index is 12.6. The molecule has 0 aliphatic carbocycles. The zero-order valence-electron chi connectivity index (χ0n) is 20.5. The molecule has 1 aromatic heterocycles. The number of aromatic nitrogens is 1. The van der Waals surface area contributed by atoms with E-state index in [-0.39, 0.29) is 6.09 Å². The van der Waals surface area contributed by atoms with Gasteiger partial charge in [-0.3, -0.25) is 0 Å². The molecule has 1 saturated heterocycles. The summed E-state index contributed by atoms with van der Waals surface area (Å²) in [5.74, 6) is 0. The van der Waals surface area contributed by atoms with Gasteiger partial charge < -0.3 is 19.9 Å². The van der Waals surface area contributed by atoms with Crippen LogP contribution in [-0.4, -0.2) is 47.8 Å². The molecule has 0 spiro atoms. The predicted molar refractivity (Wildman–Crippen MR) is 149 cm³/mol. The van der Waals surface area contributed by atoms with Crippen molar-refractivity contribution in [3.05, 3.63) is 70.7 Å². The maximum Gasteiger partial charge on any atom is 0.410 e. The van der Waals surface area contributed by atoms with Gasteiger partial charge in [0.05, 0.1) is 26.8 Å². The molecule has 2 heterocycles. The number of para-hydroxylation sites is 1. The molecule has 1 aliphatic rings. The fourth-order valence-electron chi connectivity index (χ4n) is 4.47. The van der Waals surface area contributed by atoms with Crippen LogP contribution in [0.5, 0.6) is 0 Å². The second-order valence-electron chi connectivity index (χ2n) is 9.92. The molecule has 4 aromatic rings. The number of anilines is 3. The van der Waals surface area contributed by atoms with Crippen LogP contribution in [0.1, 0.15) is 20.8 Å². The van der Waals surface area contributed by atoms with Gasteiger partial charge in [0.15, 0.2) is 0 Å². The Bertz CT molecular complexity index is 1440. The molecule has 36 heavy (non-hydrogen) atoms. The second kappa shape index (κ2) is 9.68. The Morgan fingerprint density at radius 2 is 1.53 bits per heavy atom. The van der Waals surface area contributed by atoms with Crippen LogP contribution in [0, 0.1) is 0 Å². The van der Waals surface area contributed by atoms with Crippen molar-refractivity contribution < 1.29 is 9.53 Å². The van der Waals surface area contributed by atoms with Gasteiger partial charge in [0.25, 0.3) is 0 Å². The summed E-state index contributed by atoms with van der Waals surface area (Å²) in [5, 5.41) is 6.58. The van der Waals surface area contributed by atoms with Gasteiger partial charge in [0.1, 0.15) is 5.60 Å². The molecule has 186 valence electrons. The van der Waals surface area contributed by atoms with Crippen molar-refractivity contribution in [2.45, 2.75) is 26.4 Å². The quantitative estimate of drug-likeness (QED) is 0.282. The van der Waals surface area contributed by atoms with Crippen LogP contribution in [-0.2, 0) is 4.74 Å². The van der Waals surface area contributed by atoms with Crippen LogP contribution >= 0.6 is 23.2 Å². The van der Waals surface area contributed by atoms with Crippen LogP contribution < -0.4 is 10.2 Å². The van der Waals surface area contributed by atoms with Gasteiger partial charge in [-0.05, 0) is 63.2 Å². The number of piperazine rings is 1. The molecule has 1 fully saturated rings. The van der Waals surface area contributed by atoms with Crippen molar-refractivity contribution in [2.75, 3.05) is 36.4 Å². The molecule has 6 nitrogen and oxygen atoms in total. The van der Waals surface area contributed by atoms with E-state index in [0.29, 0.717) is 36.2 Å².